The number of carbonyl (C=O) groups excluding carboxylic acids is 1. The number of rotatable bonds is 5. The van der Waals surface area contributed by atoms with Gasteiger partial charge in [0.05, 0.1) is 0 Å². The van der Waals surface area contributed by atoms with Crippen LogP contribution in [0, 0.1) is 0 Å². The molecule has 0 spiro atoms. The van der Waals surface area contributed by atoms with Crippen molar-refractivity contribution in [2.75, 3.05) is 12.8 Å². The van der Waals surface area contributed by atoms with Crippen molar-refractivity contribution in [1.82, 2.24) is 9.62 Å². The van der Waals surface area contributed by atoms with E-state index in [-0.39, 0.29) is 0 Å². The second-order valence-electron chi connectivity index (χ2n) is 3.82. The monoisotopic (exact) mass is 503 g/mol. The molecular weight excluding hydrogens is 490 g/mol. The minimum atomic E-state index is -3.43. The van der Waals surface area contributed by atoms with Crippen molar-refractivity contribution in [1.29, 1.82) is 0 Å². The van der Waals surface area contributed by atoms with Gasteiger partial charge in [0, 0.05) is 0 Å². The summed E-state index contributed by atoms with van der Waals surface area (Å²) >= 11 is 1.24. The van der Waals surface area contributed by atoms with E-state index in [0.717, 1.165) is 10.6 Å². The summed E-state index contributed by atoms with van der Waals surface area (Å²) in [5.74, 6) is -1.59. The van der Waals surface area contributed by atoms with E-state index in [1.807, 2.05) is 18.6 Å². The van der Waals surface area contributed by atoms with Gasteiger partial charge in [0.15, 0.2) is 0 Å². The van der Waals surface area contributed by atoms with Crippen LogP contribution >= 0.6 is 18.6 Å². The predicted octanol–water partition coefficient (Wildman–Crippen LogP) is -3.62. The predicted molar refractivity (Wildman–Crippen MR) is 68.2 cm³/mol. The first-order chi connectivity index (χ1) is 8.27. The number of hydrogen-bond donors (Lipinski definition) is 2. The Balaban J connectivity index is 2.75. The molecular formula is C8H13I2N2O5S-. The molecule has 0 aromatic heterocycles. The number of carboxylic acid groups (broad SMARTS) is 1. The van der Waals surface area contributed by atoms with E-state index < -0.39 is 49.2 Å². The normalized spacial score (nSPS) is 22.9. The average Bonchev–Trinajstić information content (AvgIpc) is 2.73. The number of amides is 1. The maximum atomic E-state index is 11.9. The third-order valence-electron chi connectivity index (χ3n) is 2.50. The van der Waals surface area contributed by atoms with Gasteiger partial charge in [-0.15, -0.1) is 0 Å². The van der Waals surface area contributed by atoms with Crippen LogP contribution in [0.2, 0.25) is 0 Å². The zero-order chi connectivity index (χ0) is 13.9. The van der Waals surface area contributed by atoms with E-state index in [2.05, 4.69) is 5.32 Å². The van der Waals surface area contributed by atoms with Gasteiger partial charge >= 0.3 is 126 Å². The van der Waals surface area contributed by atoms with E-state index >= 15 is 0 Å². The summed E-state index contributed by atoms with van der Waals surface area (Å²) in [6.07, 6.45) is 2.10. The SMILES string of the molecule is CS(=O)(=O)N1CCCC1C(=O)NC([I-]I)C(=O)O. The van der Waals surface area contributed by atoms with Gasteiger partial charge < -0.3 is 0 Å². The third-order valence-corrected chi connectivity index (χ3v) is 8.26. The van der Waals surface area contributed by atoms with Crippen LogP contribution < -0.4 is 22.5 Å². The molecule has 106 valence electrons. The molecule has 10 heteroatoms. The first-order valence-electron chi connectivity index (χ1n) is 5.02. The Hall–Kier alpha value is 0.310. The molecule has 1 rings (SSSR count). The standard InChI is InChI=1S/C8H13I2N2O5S/c1-18(16,17)12-4-2-3-5(12)7(13)11-6(10-9)8(14)15/h5-6H,2-4H2,1H3,(H,11,13)(H,14,15)/q-1. The number of hydrogen-bond acceptors (Lipinski definition) is 4. The Labute approximate surface area is 125 Å². The summed E-state index contributed by atoms with van der Waals surface area (Å²) in [5.41, 5.74) is 0. The summed E-state index contributed by atoms with van der Waals surface area (Å²) < 4.78 is 23.2. The summed E-state index contributed by atoms with van der Waals surface area (Å²) in [7, 11) is -3.43. The molecule has 1 aliphatic rings. The first-order valence-corrected chi connectivity index (χ1v) is 14.4. The second kappa shape index (κ2) is 6.65. The van der Waals surface area contributed by atoms with Gasteiger partial charge in [-0.25, -0.2) is 0 Å². The van der Waals surface area contributed by atoms with Crippen LogP contribution in [0.1, 0.15) is 12.8 Å². The van der Waals surface area contributed by atoms with Crippen LogP contribution in [0.15, 0.2) is 0 Å². The molecule has 0 radical (unpaired) electrons. The van der Waals surface area contributed by atoms with Crippen LogP contribution in [0.4, 0.5) is 0 Å². The van der Waals surface area contributed by atoms with E-state index in [9.17, 15) is 18.0 Å². The van der Waals surface area contributed by atoms with Gasteiger partial charge in [-0.3, -0.25) is 0 Å². The molecule has 18 heavy (non-hydrogen) atoms. The Morgan fingerprint density at radius 2 is 2.17 bits per heavy atom. The summed E-state index contributed by atoms with van der Waals surface area (Å²) in [4.78, 5) is 22.7. The number of nitrogens with zero attached hydrogens (tertiary/aromatic N) is 1. The van der Waals surface area contributed by atoms with Crippen LogP contribution in [0.3, 0.4) is 0 Å². The molecule has 0 aromatic rings. The molecule has 0 saturated carbocycles. The number of carbonyl (C=O) groups is 2. The number of carboxylic acids is 1. The molecule has 2 unspecified atom stereocenters. The zero-order valence-corrected chi connectivity index (χ0v) is 14.6. The quantitative estimate of drug-likeness (QED) is 0.229. The number of sulfonamides is 1. The molecule has 2 N–H and O–H groups in total. The van der Waals surface area contributed by atoms with Crippen LogP contribution in [-0.4, -0.2) is 52.6 Å². The molecule has 1 heterocycles. The van der Waals surface area contributed by atoms with Crippen molar-refractivity contribution >= 4 is 40.5 Å². The van der Waals surface area contributed by atoms with Crippen LogP contribution in [0.5, 0.6) is 0 Å². The van der Waals surface area contributed by atoms with Crippen molar-refractivity contribution in [3.8, 4) is 0 Å². The fraction of sp³-hybridized carbons (Fsp3) is 0.750. The van der Waals surface area contributed by atoms with Crippen molar-refractivity contribution < 1.29 is 40.3 Å². The topological polar surface area (TPSA) is 104 Å². The second-order valence-corrected chi connectivity index (χ2v) is 10.6. The van der Waals surface area contributed by atoms with Gasteiger partial charge in [0.2, 0.25) is 0 Å². The average molecular weight is 503 g/mol. The Bertz CT molecular complexity index is 441. The molecule has 1 saturated heterocycles. The Morgan fingerprint density at radius 3 is 2.61 bits per heavy atom. The van der Waals surface area contributed by atoms with Crippen molar-refractivity contribution in [2.24, 2.45) is 0 Å². The first kappa shape index (κ1) is 16.4. The molecule has 7 nitrogen and oxygen atoms in total. The Kier molecular flexibility index (Phi) is 6.05. The maximum absolute atomic E-state index is 11.9. The molecule has 0 bridgehead atoms. The summed E-state index contributed by atoms with van der Waals surface area (Å²) in [6, 6.07) is -0.770. The summed E-state index contributed by atoms with van der Waals surface area (Å²) in [5, 5.41) is 11.3. The molecule has 2 atom stereocenters. The van der Waals surface area contributed by atoms with Crippen molar-refractivity contribution in [3.05, 3.63) is 0 Å². The number of aliphatic carboxylic acids is 1. The van der Waals surface area contributed by atoms with Crippen LogP contribution in [-0.2, 0) is 19.6 Å². The molecule has 1 aliphatic heterocycles. The van der Waals surface area contributed by atoms with Crippen molar-refractivity contribution in [2.45, 2.75) is 22.9 Å². The van der Waals surface area contributed by atoms with Gasteiger partial charge in [0.25, 0.3) is 0 Å². The zero-order valence-electron chi connectivity index (χ0n) is 9.47. The van der Waals surface area contributed by atoms with Gasteiger partial charge in [-0.1, -0.05) is 0 Å². The molecule has 1 fully saturated rings. The number of nitrogens with one attached hydrogen (secondary N) is 1. The van der Waals surface area contributed by atoms with Gasteiger partial charge in [0.1, 0.15) is 0 Å². The molecule has 0 aromatic carbocycles. The molecule has 0 aliphatic carbocycles. The number of halogens is 2. The van der Waals surface area contributed by atoms with Gasteiger partial charge in [-0.05, 0) is 0 Å². The third kappa shape index (κ3) is 4.16. The minimum absolute atomic E-state index is 0.313. The van der Waals surface area contributed by atoms with Gasteiger partial charge in [-0.2, -0.15) is 0 Å². The Morgan fingerprint density at radius 1 is 1.56 bits per heavy atom. The van der Waals surface area contributed by atoms with E-state index in [1.54, 1.807) is 0 Å². The fourth-order valence-electron chi connectivity index (χ4n) is 1.74. The van der Waals surface area contributed by atoms with E-state index in [4.69, 9.17) is 5.11 Å². The van der Waals surface area contributed by atoms with Crippen molar-refractivity contribution in [3.63, 3.8) is 0 Å². The number of alkyl halides is 1. The molecule has 1 amide bonds. The summed E-state index contributed by atoms with van der Waals surface area (Å²) in [6.45, 7) is 0.313. The van der Waals surface area contributed by atoms with E-state index in [1.165, 1.54) is 0 Å². The van der Waals surface area contributed by atoms with Crippen LogP contribution in [0.25, 0.3) is 0 Å². The fourth-order valence-corrected chi connectivity index (χ4v) is 5.63. The van der Waals surface area contributed by atoms with E-state index in [0.29, 0.717) is 19.4 Å².